The number of amides is 2. The number of rotatable bonds is 4. The Labute approximate surface area is 123 Å². The third-order valence-corrected chi connectivity index (χ3v) is 3.52. The average Bonchev–Trinajstić information content (AvgIpc) is 2.38. The summed E-state index contributed by atoms with van der Waals surface area (Å²) >= 11 is 3.18. The van der Waals surface area contributed by atoms with E-state index in [9.17, 15) is 19.7 Å². The van der Waals surface area contributed by atoms with E-state index in [2.05, 4.69) is 26.6 Å². The van der Waals surface area contributed by atoms with Gasteiger partial charge in [0.15, 0.2) is 0 Å². The topological polar surface area (TPSA) is 101 Å². The molecule has 2 rings (SSSR count). The summed E-state index contributed by atoms with van der Waals surface area (Å²) in [5, 5.41) is 16.1. The van der Waals surface area contributed by atoms with Crippen LogP contribution in [0.5, 0.6) is 0 Å². The van der Waals surface area contributed by atoms with Crippen LogP contribution in [-0.4, -0.2) is 22.8 Å². The van der Waals surface area contributed by atoms with Crippen LogP contribution in [0.25, 0.3) is 0 Å². The number of hydrogen-bond acceptors (Lipinski definition) is 5. The van der Waals surface area contributed by atoms with Crippen LogP contribution in [0.1, 0.15) is 18.4 Å². The van der Waals surface area contributed by atoms with E-state index in [1.54, 1.807) is 12.1 Å². The number of halogens is 1. The lowest BCUT2D eigenvalue weighted by Crippen LogP contribution is -2.50. The van der Waals surface area contributed by atoms with Crippen molar-refractivity contribution in [2.24, 2.45) is 0 Å². The van der Waals surface area contributed by atoms with Crippen LogP contribution < -0.4 is 10.6 Å². The van der Waals surface area contributed by atoms with Gasteiger partial charge >= 0.3 is 0 Å². The highest BCUT2D eigenvalue weighted by atomic mass is 79.9. The van der Waals surface area contributed by atoms with Crippen LogP contribution in [0.4, 0.5) is 5.69 Å². The summed E-state index contributed by atoms with van der Waals surface area (Å²) in [4.78, 5) is 33.1. The van der Waals surface area contributed by atoms with Gasteiger partial charge in [-0.25, -0.2) is 0 Å². The molecule has 106 valence electrons. The molecule has 1 heterocycles. The fourth-order valence-corrected chi connectivity index (χ4v) is 2.33. The quantitative estimate of drug-likeness (QED) is 0.487. The smallest absolute Gasteiger partial charge is 0.275 e. The Morgan fingerprint density at radius 2 is 2.20 bits per heavy atom. The van der Waals surface area contributed by atoms with Gasteiger partial charge in [-0.2, -0.15) is 0 Å². The zero-order valence-corrected chi connectivity index (χ0v) is 12.0. The zero-order valence-electron chi connectivity index (χ0n) is 10.4. The van der Waals surface area contributed by atoms with Crippen molar-refractivity contribution < 1.29 is 14.5 Å². The third-order valence-electron chi connectivity index (χ3n) is 3.02. The molecule has 2 amide bonds. The Morgan fingerprint density at radius 3 is 2.85 bits per heavy atom. The Kier molecular flexibility index (Phi) is 4.46. The molecule has 0 radical (unpaired) electrons. The molecule has 0 aliphatic carbocycles. The fraction of sp³-hybridized carbons (Fsp3) is 0.333. The van der Waals surface area contributed by atoms with Crippen molar-refractivity contribution in [2.45, 2.75) is 25.4 Å². The standard InChI is InChI=1S/C12H12BrN3O4/c13-8-2-1-7(10(5-8)16(19)20)6-14-9-3-4-11(17)15-12(9)18/h1-2,5,9,14H,3-4,6H2,(H,15,17,18). The molecule has 20 heavy (non-hydrogen) atoms. The van der Waals surface area contributed by atoms with E-state index in [1.165, 1.54) is 6.07 Å². The van der Waals surface area contributed by atoms with Gasteiger partial charge in [-0.1, -0.05) is 15.9 Å². The van der Waals surface area contributed by atoms with Gasteiger partial charge in [-0.3, -0.25) is 25.0 Å². The number of nitrogens with one attached hydrogen (secondary N) is 2. The average molecular weight is 342 g/mol. The maximum atomic E-state index is 11.6. The van der Waals surface area contributed by atoms with Gasteiger partial charge in [0.2, 0.25) is 11.8 Å². The van der Waals surface area contributed by atoms with E-state index in [0.29, 0.717) is 16.5 Å². The summed E-state index contributed by atoms with van der Waals surface area (Å²) in [6, 6.07) is 4.24. The molecule has 0 aromatic heterocycles. The van der Waals surface area contributed by atoms with Gasteiger partial charge < -0.3 is 5.32 Å². The molecule has 1 unspecified atom stereocenters. The van der Waals surface area contributed by atoms with Crippen molar-refractivity contribution in [2.75, 3.05) is 0 Å². The van der Waals surface area contributed by atoms with Crippen molar-refractivity contribution in [1.82, 2.24) is 10.6 Å². The van der Waals surface area contributed by atoms with E-state index in [0.717, 1.165) is 0 Å². The highest BCUT2D eigenvalue weighted by Crippen LogP contribution is 2.23. The SMILES string of the molecule is O=C1CCC(NCc2ccc(Br)cc2[N+](=O)[O-])C(=O)N1. The molecular formula is C12H12BrN3O4. The second-order valence-corrected chi connectivity index (χ2v) is 5.33. The predicted octanol–water partition coefficient (Wildman–Crippen LogP) is 1.25. The molecule has 1 atom stereocenters. The molecular weight excluding hydrogens is 330 g/mol. The Balaban J connectivity index is 2.06. The van der Waals surface area contributed by atoms with Crippen molar-refractivity contribution in [3.63, 3.8) is 0 Å². The van der Waals surface area contributed by atoms with E-state index >= 15 is 0 Å². The molecule has 0 spiro atoms. The maximum Gasteiger partial charge on any atom is 0.275 e. The molecule has 1 aliphatic heterocycles. The van der Waals surface area contributed by atoms with Gasteiger partial charge in [0, 0.05) is 29.1 Å². The summed E-state index contributed by atoms with van der Waals surface area (Å²) in [5.74, 6) is -0.677. The first-order valence-electron chi connectivity index (χ1n) is 5.97. The van der Waals surface area contributed by atoms with Crippen LogP contribution in [0.2, 0.25) is 0 Å². The second-order valence-electron chi connectivity index (χ2n) is 4.41. The molecule has 1 aliphatic rings. The monoisotopic (exact) mass is 341 g/mol. The minimum atomic E-state index is -0.504. The highest BCUT2D eigenvalue weighted by Gasteiger charge is 2.26. The van der Waals surface area contributed by atoms with Crippen molar-refractivity contribution in [3.05, 3.63) is 38.3 Å². The van der Waals surface area contributed by atoms with Gasteiger partial charge in [0.05, 0.1) is 11.0 Å². The number of nitro groups is 1. The number of nitro benzene ring substituents is 1. The molecule has 1 fully saturated rings. The molecule has 2 N–H and O–H groups in total. The minimum absolute atomic E-state index is 0.0147. The molecule has 1 aromatic carbocycles. The van der Waals surface area contributed by atoms with Crippen LogP contribution in [-0.2, 0) is 16.1 Å². The van der Waals surface area contributed by atoms with Gasteiger partial charge in [0.25, 0.3) is 5.69 Å². The van der Waals surface area contributed by atoms with Crippen LogP contribution in [0, 0.1) is 10.1 Å². The van der Waals surface area contributed by atoms with Gasteiger partial charge in [-0.05, 0) is 18.6 Å². The van der Waals surface area contributed by atoms with E-state index < -0.39 is 11.0 Å². The summed E-state index contributed by atoms with van der Waals surface area (Å²) in [6.07, 6.45) is 0.667. The Hall–Kier alpha value is -1.80. The number of imide groups is 1. The van der Waals surface area contributed by atoms with E-state index in [1.807, 2.05) is 0 Å². The van der Waals surface area contributed by atoms with Gasteiger partial charge in [0.1, 0.15) is 0 Å². The fourth-order valence-electron chi connectivity index (χ4n) is 1.98. The normalized spacial score (nSPS) is 18.8. The first kappa shape index (κ1) is 14.6. The molecule has 7 nitrogen and oxygen atoms in total. The van der Waals surface area contributed by atoms with Crippen molar-refractivity contribution in [1.29, 1.82) is 0 Å². The maximum absolute atomic E-state index is 11.6. The van der Waals surface area contributed by atoms with Crippen molar-refractivity contribution >= 4 is 33.4 Å². The molecule has 1 aromatic rings. The predicted molar refractivity (Wildman–Crippen MR) is 73.8 cm³/mol. The second kappa shape index (κ2) is 6.10. The van der Waals surface area contributed by atoms with Crippen molar-refractivity contribution in [3.8, 4) is 0 Å². The minimum Gasteiger partial charge on any atom is -0.301 e. The highest BCUT2D eigenvalue weighted by molar-refractivity contribution is 9.10. The largest absolute Gasteiger partial charge is 0.301 e. The summed E-state index contributed by atoms with van der Waals surface area (Å²) in [7, 11) is 0. The first-order valence-corrected chi connectivity index (χ1v) is 6.76. The lowest BCUT2D eigenvalue weighted by molar-refractivity contribution is -0.385. The molecule has 0 bridgehead atoms. The van der Waals surface area contributed by atoms with E-state index in [-0.39, 0.29) is 30.5 Å². The van der Waals surface area contributed by atoms with Crippen LogP contribution in [0.3, 0.4) is 0 Å². The zero-order chi connectivity index (χ0) is 14.7. The Bertz CT molecular complexity index is 576. The van der Waals surface area contributed by atoms with Crippen LogP contribution in [0.15, 0.2) is 22.7 Å². The lowest BCUT2D eigenvalue weighted by atomic mass is 10.1. The summed E-state index contributed by atoms with van der Waals surface area (Å²) < 4.78 is 0.619. The van der Waals surface area contributed by atoms with Crippen LogP contribution >= 0.6 is 15.9 Å². The first-order chi connectivity index (χ1) is 9.47. The number of piperidine rings is 1. The third kappa shape index (κ3) is 3.40. The number of benzene rings is 1. The Morgan fingerprint density at radius 1 is 1.45 bits per heavy atom. The summed E-state index contributed by atoms with van der Waals surface area (Å²) in [5.41, 5.74) is 0.474. The number of hydrogen-bond donors (Lipinski definition) is 2. The number of carbonyl (C=O) groups excluding carboxylic acids is 2. The lowest BCUT2D eigenvalue weighted by Gasteiger charge is -2.21. The van der Waals surface area contributed by atoms with Gasteiger partial charge in [-0.15, -0.1) is 0 Å². The number of nitrogens with zero attached hydrogens (tertiary/aromatic N) is 1. The molecule has 8 heteroatoms. The molecule has 1 saturated heterocycles. The molecule has 0 saturated carbocycles. The summed E-state index contributed by atoms with van der Waals surface area (Å²) in [6.45, 7) is 0.190. The number of carbonyl (C=O) groups is 2. The van der Waals surface area contributed by atoms with E-state index in [4.69, 9.17) is 0 Å².